The van der Waals surface area contributed by atoms with Gasteiger partial charge in [-0.05, 0) is 19.9 Å². The summed E-state index contributed by atoms with van der Waals surface area (Å²) in [6.07, 6.45) is 0. The third-order valence-electron chi connectivity index (χ3n) is 3.09. The number of benzene rings is 1. The zero-order valence-electron chi connectivity index (χ0n) is 10.4. The van der Waals surface area contributed by atoms with E-state index in [-0.39, 0.29) is 12.1 Å². The van der Waals surface area contributed by atoms with E-state index in [0.717, 1.165) is 23.0 Å². The fourth-order valence-corrected chi connectivity index (χ4v) is 2.02. The summed E-state index contributed by atoms with van der Waals surface area (Å²) in [5, 5.41) is 4.29. The van der Waals surface area contributed by atoms with Crippen molar-refractivity contribution in [3.8, 4) is 0 Å². The van der Waals surface area contributed by atoms with Crippen LogP contribution in [-0.2, 0) is 13.1 Å². The van der Waals surface area contributed by atoms with Crippen molar-refractivity contribution in [1.82, 2.24) is 9.78 Å². The SMILES string of the molecule is Cc1nn(Cc2cccc(F)c2F)c(C)c1CN. The Morgan fingerprint density at radius 2 is 2.00 bits per heavy atom. The molecule has 3 nitrogen and oxygen atoms in total. The van der Waals surface area contributed by atoms with Gasteiger partial charge >= 0.3 is 0 Å². The molecule has 0 bridgehead atoms. The third-order valence-corrected chi connectivity index (χ3v) is 3.09. The first-order valence-corrected chi connectivity index (χ1v) is 5.70. The Labute approximate surface area is 104 Å². The van der Waals surface area contributed by atoms with E-state index in [0.29, 0.717) is 6.54 Å². The van der Waals surface area contributed by atoms with Gasteiger partial charge in [-0.1, -0.05) is 12.1 Å². The molecule has 0 saturated carbocycles. The molecule has 1 aromatic heterocycles. The first-order valence-electron chi connectivity index (χ1n) is 5.70. The van der Waals surface area contributed by atoms with Crippen LogP contribution in [0, 0.1) is 25.5 Å². The average molecular weight is 251 g/mol. The van der Waals surface area contributed by atoms with Crippen molar-refractivity contribution in [2.45, 2.75) is 26.9 Å². The van der Waals surface area contributed by atoms with Gasteiger partial charge in [0.1, 0.15) is 0 Å². The number of nitrogens with two attached hydrogens (primary N) is 1. The predicted molar refractivity (Wildman–Crippen MR) is 65.1 cm³/mol. The van der Waals surface area contributed by atoms with Gasteiger partial charge in [-0.3, -0.25) is 4.68 Å². The first-order chi connectivity index (χ1) is 8.54. The van der Waals surface area contributed by atoms with E-state index in [4.69, 9.17) is 5.73 Å². The Kier molecular flexibility index (Phi) is 3.43. The minimum atomic E-state index is -0.840. The molecule has 0 saturated heterocycles. The minimum Gasteiger partial charge on any atom is -0.326 e. The topological polar surface area (TPSA) is 43.8 Å². The number of rotatable bonds is 3. The van der Waals surface area contributed by atoms with Crippen LogP contribution in [0.3, 0.4) is 0 Å². The molecule has 18 heavy (non-hydrogen) atoms. The van der Waals surface area contributed by atoms with Crippen molar-refractivity contribution in [2.75, 3.05) is 0 Å². The molecule has 0 radical (unpaired) electrons. The van der Waals surface area contributed by atoms with Crippen LogP contribution >= 0.6 is 0 Å². The Bertz CT molecular complexity index is 576. The second-order valence-corrected chi connectivity index (χ2v) is 4.22. The van der Waals surface area contributed by atoms with Crippen LogP contribution in [0.5, 0.6) is 0 Å². The average Bonchev–Trinajstić information content (AvgIpc) is 2.60. The van der Waals surface area contributed by atoms with E-state index in [1.54, 1.807) is 10.7 Å². The van der Waals surface area contributed by atoms with Gasteiger partial charge in [0.15, 0.2) is 11.6 Å². The van der Waals surface area contributed by atoms with Crippen molar-refractivity contribution >= 4 is 0 Å². The van der Waals surface area contributed by atoms with Crippen LogP contribution in [0.15, 0.2) is 18.2 Å². The molecule has 2 rings (SSSR count). The number of aryl methyl sites for hydroxylation is 1. The molecule has 2 aromatic rings. The van der Waals surface area contributed by atoms with E-state index in [9.17, 15) is 8.78 Å². The largest absolute Gasteiger partial charge is 0.326 e. The maximum atomic E-state index is 13.6. The highest BCUT2D eigenvalue weighted by Gasteiger charge is 2.13. The molecule has 1 heterocycles. The van der Waals surface area contributed by atoms with Gasteiger partial charge in [0.05, 0.1) is 12.2 Å². The normalized spacial score (nSPS) is 10.9. The minimum absolute atomic E-state index is 0.205. The Morgan fingerprint density at radius 3 is 2.61 bits per heavy atom. The summed E-state index contributed by atoms with van der Waals surface area (Å²) in [4.78, 5) is 0. The van der Waals surface area contributed by atoms with Gasteiger partial charge in [0.25, 0.3) is 0 Å². The van der Waals surface area contributed by atoms with Gasteiger partial charge in [0.2, 0.25) is 0 Å². The summed E-state index contributed by atoms with van der Waals surface area (Å²) in [7, 11) is 0. The van der Waals surface area contributed by atoms with Crippen LogP contribution in [0.2, 0.25) is 0 Å². The molecule has 1 aromatic carbocycles. The van der Waals surface area contributed by atoms with Gasteiger partial charge in [-0.15, -0.1) is 0 Å². The fourth-order valence-electron chi connectivity index (χ4n) is 2.02. The highest BCUT2D eigenvalue weighted by molar-refractivity contribution is 5.26. The van der Waals surface area contributed by atoms with E-state index in [1.807, 2.05) is 13.8 Å². The van der Waals surface area contributed by atoms with Gasteiger partial charge in [0, 0.05) is 23.4 Å². The molecule has 0 fully saturated rings. The molecule has 0 aliphatic heterocycles. The van der Waals surface area contributed by atoms with Crippen molar-refractivity contribution in [2.24, 2.45) is 5.73 Å². The standard InChI is InChI=1S/C13H15F2N3/c1-8-11(6-16)9(2)18(17-8)7-10-4-3-5-12(14)13(10)15/h3-5H,6-7,16H2,1-2H3. The summed E-state index contributed by atoms with van der Waals surface area (Å²) in [5.74, 6) is -1.66. The molecule has 0 unspecified atom stereocenters. The summed E-state index contributed by atoms with van der Waals surface area (Å²) in [6.45, 7) is 4.33. The smallest absolute Gasteiger partial charge is 0.163 e. The molecular formula is C13H15F2N3. The highest BCUT2D eigenvalue weighted by Crippen LogP contribution is 2.17. The number of nitrogens with zero attached hydrogens (tertiary/aromatic N) is 2. The monoisotopic (exact) mass is 251 g/mol. The van der Waals surface area contributed by atoms with Crippen LogP contribution in [0.4, 0.5) is 8.78 Å². The summed E-state index contributed by atoms with van der Waals surface area (Å²) < 4.78 is 28.3. The van der Waals surface area contributed by atoms with E-state index >= 15 is 0 Å². The number of aromatic nitrogens is 2. The fraction of sp³-hybridized carbons (Fsp3) is 0.308. The quantitative estimate of drug-likeness (QED) is 0.909. The van der Waals surface area contributed by atoms with Crippen LogP contribution in [0.25, 0.3) is 0 Å². The number of halogens is 2. The van der Waals surface area contributed by atoms with Gasteiger partial charge in [-0.25, -0.2) is 8.78 Å². The molecule has 0 spiro atoms. The molecule has 0 aliphatic carbocycles. The second-order valence-electron chi connectivity index (χ2n) is 4.22. The maximum Gasteiger partial charge on any atom is 0.163 e. The molecule has 2 N–H and O–H groups in total. The van der Waals surface area contributed by atoms with Crippen LogP contribution in [-0.4, -0.2) is 9.78 Å². The Morgan fingerprint density at radius 1 is 1.28 bits per heavy atom. The van der Waals surface area contributed by atoms with Crippen LogP contribution in [0.1, 0.15) is 22.5 Å². The van der Waals surface area contributed by atoms with E-state index in [2.05, 4.69) is 5.10 Å². The molecule has 0 amide bonds. The molecular weight excluding hydrogens is 236 g/mol. The lowest BCUT2D eigenvalue weighted by Gasteiger charge is -2.06. The zero-order chi connectivity index (χ0) is 13.3. The van der Waals surface area contributed by atoms with Crippen LogP contribution < -0.4 is 5.73 Å². The molecule has 5 heteroatoms. The van der Waals surface area contributed by atoms with E-state index in [1.165, 1.54) is 6.07 Å². The summed E-state index contributed by atoms with van der Waals surface area (Å²) in [5.41, 5.74) is 8.57. The lowest BCUT2D eigenvalue weighted by Crippen LogP contribution is -2.07. The zero-order valence-corrected chi connectivity index (χ0v) is 10.4. The molecule has 96 valence electrons. The third kappa shape index (κ3) is 2.13. The van der Waals surface area contributed by atoms with Gasteiger partial charge in [-0.2, -0.15) is 5.10 Å². The molecule has 0 atom stereocenters. The second kappa shape index (κ2) is 4.86. The molecule has 0 aliphatic rings. The maximum absolute atomic E-state index is 13.6. The van der Waals surface area contributed by atoms with Crippen molar-refractivity contribution < 1.29 is 8.78 Å². The van der Waals surface area contributed by atoms with Crippen molar-refractivity contribution in [3.63, 3.8) is 0 Å². The van der Waals surface area contributed by atoms with Crippen molar-refractivity contribution in [3.05, 3.63) is 52.3 Å². The highest BCUT2D eigenvalue weighted by atomic mass is 19.2. The van der Waals surface area contributed by atoms with Crippen molar-refractivity contribution in [1.29, 1.82) is 0 Å². The number of hydrogen-bond donors (Lipinski definition) is 1. The van der Waals surface area contributed by atoms with E-state index < -0.39 is 11.6 Å². The Balaban J connectivity index is 2.37. The first kappa shape index (κ1) is 12.7. The summed E-state index contributed by atoms with van der Waals surface area (Å²) >= 11 is 0. The lowest BCUT2D eigenvalue weighted by atomic mass is 10.2. The predicted octanol–water partition coefficient (Wildman–Crippen LogP) is 2.29. The lowest BCUT2D eigenvalue weighted by molar-refractivity contribution is 0.490. The number of hydrogen-bond acceptors (Lipinski definition) is 2. The summed E-state index contributed by atoms with van der Waals surface area (Å²) in [6, 6.07) is 4.14. The van der Waals surface area contributed by atoms with Gasteiger partial charge < -0.3 is 5.73 Å². The Hall–Kier alpha value is -1.75.